The number of aromatic nitrogens is 2. The molecule has 4 rings (SSSR count). The molecule has 150 valence electrons. The molecule has 0 fully saturated rings. The number of carbonyl (C=O) groups is 1. The number of rotatable bonds is 5. The van der Waals surface area contributed by atoms with Crippen molar-refractivity contribution < 1.29 is 13.7 Å². The molecule has 0 aliphatic heterocycles. The maximum atomic E-state index is 13.4. The van der Waals surface area contributed by atoms with Gasteiger partial charge in [0.05, 0.1) is 11.5 Å². The van der Waals surface area contributed by atoms with Crippen molar-refractivity contribution in [3.8, 4) is 22.4 Å². The Morgan fingerprint density at radius 3 is 2.30 bits per heavy atom. The lowest BCUT2D eigenvalue weighted by Gasteiger charge is -2.20. The van der Waals surface area contributed by atoms with Crippen LogP contribution in [0.25, 0.3) is 22.4 Å². The third-order valence-electron chi connectivity index (χ3n) is 5.07. The van der Waals surface area contributed by atoms with Gasteiger partial charge in [0.25, 0.3) is 0 Å². The smallest absolute Gasteiger partial charge is 0.242 e. The van der Waals surface area contributed by atoms with E-state index in [4.69, 9.17) is 4.52 Å². The molecule has 5 nitrogen and oxygen atoms in total. The molecule has 1 unspecified atom stereocenters. The summed E-state index contributed by atoms with van der Waals surface area (Å²) in [6.07, 6.45) is 3.32. The molecule has 0 radical (unpaired) electrons. The molecular weight excluding hydrogens is 381 g/mol. The van der Waals surface area contributed by atoms with Gasteiger partial charge in [0.2, 0.25) is 11.8 Å². The third-order valence-corrected chi connectivity index (χ3v) is 5.07. The van der Waals surface area contributed by atoms with Gasteiger partial charge in [-0.15, -0.1) is 0 Å². The summed E-state index contributed by atoms with van der Waals surface area (Å²) >= 11 is 0. The first-order chi connectivity index (χ1) is 14.6. The predicted molar refractivity (Wildman–Crippen MR) is 113 cm³/mol. The Morgan fingerprint density at radius 2 is 1.63 bits per heavy atom. The number of halogens is 1. The monoisotopic (exact) mass is 401 g/mol. The minimum Gasteiger partial charge on any atom is -0.337 e. The van der Waals surface area contributed by atoms with Crippen molar-refractivity contribution in [2.45, 2.75) is 12.8 Å². The first kappa shape index (κ1) is 19.5. The fourth-order valence-corrected chi connectivity index (χ4v) is 3.37. The molecule has 1 amide bonds. The summed E-state index contributed by atoms with van der Waals surface area (Å²) in [5.41, 5.74) is 3.59. The lowest BCUT2D eigenvalue weighted by molar-refractivity contribution is -0.119. The van der Waals surface area contributed by atoms with Crippen LogP contribution in [0.2, 0.25) is 0 Å². The van der Waals surface area contributed by atoms with E-state index in [0.29, 0.717) is 22.7 Å². The van der Waals surface area contributed by atoms with Crippen LogP contribution in [0, 0.1) is 5.82 Å². The van der Waals surface area contributed by atoms with Crippen LogP contribution in [-0.4, -0.2) is 23.1 Å². The molecule has 0 N–H and O–H groups in total. The molecule has 0 spiro atoms. The van der Waals surface area contributed by atoms with Gasteiger partial charge in [-0.3, -0.25) is 14.7 Å². The summed E-state index contributed by atoms with van der Waals surface area (Å²) in [7, 11) is 1.67. The van der Waals surface area contributed by atoms with Crippen LogP contribution < -0.4 is 4.90 Å². The van der Waals surface area contributed by atoms with Gasteiger partial charge in [0.1, 0.15) is 11.5 Å². The molecule has 0 bridgehead atoms. The highest BCUT2D eigenvalue weighted by molar-refractivity contribution is 6.01. The average molecular weight is 401 g/mol. The van der Waals surface area contributed by atoms with Crippen molar-refractivity contribution in [3.63, 3.8) is 0 Å². The molecule has 0 saturated heterocycles. The van der Waals surface area contributed by atoms with Gasteiger partial charge in [-0.25, -0.2) is 4.39 Å². The second-order valence-electron chi connectivity index (χ2n) is 6.98. The van der Waals surface area contributed by atoms with E-state index < -0.39 is 0 Å². The highest BCUT2D eigenvalue weighted by atomic mass is 19.1. The molecular formula is C24H20FN3O2. The van der Waals surface area contributed by atoms with Crippen molar-refractivity contribution in [2.24, 2.45) is 0 Å². The quantitative estimate of drug-likeness (QED) is 0.455. The molecule has 4 aromatic rings. The van der Waals surface area contributed by atoms with Crippen molar-refractivity contribution in [3.05, 3.63) is 90.5 Å². The predicted octanol–water partition coefficient (Wildman–Crippen LogP) is 5.31. The molecule has 0 saturated carbocycles. The van der Waals surface area contributed by atoms with Crippen LogP contribution in [0.3, 0.4) is 0 Å². The number of anilines is 1. The zero-order valence-electron chi connectivity index (χ0n) is 16.6. The maximum absolute atomic E-state index is 13.4. The first-order valence-corrected chi connectivity index (χ1v) is 9.55. The summed E-state index contributed by atoms with van der Waals surface area (Å²) in [6.45, 7) is 1.86. The highest BCUT2D eigenvalue weighted by Gasteiger charge is 2.28. The fourth-order valence-electron chi connectivity index (χ4n) is 3.37. The largest absolute Gasteiger partial charge is 0.337 e. The topological polar surface area (TPSA) is 59.2 Å². The summed E-state index contributed by atoms with van der Waals surface area (Å²) < 4.78 is 19.1. The molecule has 2 aromatic heterocycles. The van der Waals surface area contributed by atoms with Crippen LogP contribution in [0.15, 0.2) is 83.6 Å². The molecule has 6 heteroatoms. The van der Waals surface area contributed by atoms with Crippen LogP contribution in [0.4, 0.5) is 10.3 Å². The Bertz CT molecular complexity index is 1140. The normalized spacial score (nSPS) is 11.8. The van der Waals surface area contributed by atoms with Gasteiger partial charge in [-0.2, -0.15) is 0 Å². The maximum Gasteiger partial charge on any atom is 0.242 e. The van der Waals surface area contributed by atoms with Crippen molar-refractivity contribution in [2.75, 3.05) is 11.9 Å². The van der Waals surface area contributed by atoms with Gasteiger partial charge in [0.15, 0.2) is 0 Å². The van der Waals surface area contributed by atoms with Gasteiger partial charge < -0.3 is 4.52 Å². The minimum absolute atomic E-state index is 0.127. The van der Waals surface area contributed by atoms with Gasteiger partial charge >= 0.3 is 0 Å². The Morgan fingerprint density at radius 1 is 0.967 bits per heavy atom. The zero-order chi connectivity index (χ0) is 21.1. The Labute approximate surface area is 173 Å². The van der Waals surface area contributed by atoms with E-state index in [-0.39, 0.29) is 17.6 Å². The molecule has 30 heavy (non-hydrogen) atoms. The first-order valence-electron chi connectivity index (χ1n) is 9.55. The van der Waals surface area contributed by atoms with E-state index in [0.717, 1.165) is 11.1 Å². The number of pyridine rings is 1. The Hall–Kier alpha value is -3.80. The van der Waals surface area contributed by atoms with E-state index in [9.17, 15) is 9.18 Å². The minimum atomic E-state index is -0.360. The number of amides is 1. The standard InChI is InChI=1S/C24H20FN3O2/c1-16(17-6-4-3-5-7-17)23(29)28(2)24-21(18-12-14-26-15-13-18)22(27-30-24)19-8-10-20(25)11-9-19/h3-16H,1-2H3. The number of nitrogens with zero attached hydrogens (tertiary/aromatic N) is 3. The van der Waals surface area contributed by atoms with Crippen molar-refractivity contribution in [1.29, 1.82) is 0 Å². The van der Waals surface area contributed by atoms with Gasteiger partial charge in [-0.05, 0) is 54.4 Å². The Kier molecular flexibility index (Phi) is 5.39. The second-order valence-corrected chi connectivity index (χ2v) is 6.98. The van der Waals surface area contributed by atoms with E-state index in [1.54, 1.807) is 31.6 Å². The van der Waals surface area contributed by atoms with E-state index >= 15 is 0 Å². The van der Waals surface area contributed by atoms with Crippen molar-refractivity contribution in [1.82, 2.24) is 10.1 Å². The molecule has 2 heterocycles. The molecule has 0 aliphatic rings. The van der Waals surface area contributed by atoms with E-state index in [1.165, 1.54) is 17.0 Å². The van der Waals surface area contributed by atoms with Gasteiger partial charge in [-0.1, -0.05) is 35.5 Å². The SMILES string of the molecule is CC(C(=O)N(C)c1onc(-c2ccc(F)cc2)c1-c1ccncc1)c1ccccc1. The summed E-state index contributed by atoms with van der Waals surface area (Å²) in [5, 5.41) is 4.22. The van der Waals surface area contributed by atoms with Crippen LogP contribution in [0.5, 0.6) is 0 Å². The summed E-state index contributed by atoms with van der Waals surface area (Å²) in [4.78, 5) is 18.7. The number of benzene rings is 2. The van der Waals surface area contributed by atoms with Crippen molar-refractivity contribution >= 4 is 11.8 Å². The molecule has 1 atom stereocenters. The summed E-state index contributed by atoms with van der Waals surface area (Å²) in [6, 6.07) is 19.2. The number of hydrogen-bond donors (Lipinski definition) is 0. The lowest BCUT2D eigenvalue weighted by atomic mass is 9.98. The lowest BCUT2D eigenvalue weighted by Crippen LogP contribution is -2.30. The summed E-state index contributed by atoms with van der Waals surface area (Å²) in [5.74, 6) is -0.496. The van der Waals surface area contributed by atoms with E-state index in [2.05, 4.69) is 10.1 Å². The molecule has 0 aliphatic carbocycles. The fraction of sp³-hybridized carbons (Fsp3) is 0.125. The highest BCUT2D eigenvalue weighted by Crippen LogP contribution is 2.39. The van der Waals surface area contributed by atoms with Crippen LogP contribution in [0.1, 0.15) is 18.4 Å². The number of carbonyl (C=O) groups excluding carboxylic acids is 1. The van der Waals surface area contributed by atoms with Crippen LogP contribution >= 0.6 is 0 Å². The average Bonchev–Trinajstić information content (AvgIpc) is 3.24. The second kappa shape index (κ2) is 8.29. The Balaban J connectivity index is 1.78. The number of likely N-dealkylation sites (N-methyl/N-ethyl adjacent to an activating group) is 1. The van der Waals surface area contributed by atoms with Gasteiger partial charge in [0, 0.05) is 25.0 Å². The zero-order valence-corrected chi connectivity index (χ0v) is 16.6. The third kappa shape index (κ3) is 3.72. The van der Waals surface area contributed by atoms with E-state index in [1.807, 2.05) is 49.4 Å². The van der Waals surface area contributed by atoms with Crippen LogP contribution in [-0.2, 0) is 4.79 Å². The number of hydrogen-bond acceptors (Lipinski definition) is 4. The molecule has 2 aromatic carbocycles.